The third kappa shape index (κ3) is 3.53. The predicted molar refractivity (Wildman–Crippen MR) is 73.0 cm³/mol. The van der Waals surface area contributed by atoms with Crippen LogP contribution in [0, 0.1) is 0 Å². The standard InChI is InChI=1S/C15H20N2/c1-2-3-6-9-16-11-13-10-14-7-4-5-8-15(14)17-12-13/h4-5,7-8,10,12,16H,2-3,6,9,11H2,1H3. The Labute approximate surface area is 103 Å². The van der Waals surface area contributed by atoms with Crippen molar-refractivity contribution in [3.63, 3.8) is 0 Å². The molecular weight excluding hydrogens is 208 g/mol. The monoisotopic (exact) mass is 228 g/mol. The Kier molecular flexibility index (Phi) is 4.51. The van der Waals surface area contributed by atoms with Gasteiger partial charge in [0, 0.05) is 18.1 Å². The number of fused-ring (bicyclic) bond motifs is 1. The molecule has 0 unspecified atom stereocenters. The largest absolute Gasteiger partial charge is 0.313 e. The summed E-state index contributed by atoms with van der Waals surface area (Å²) in [6, 6.07) is 10.5. The third-order valence-electron chi connectivity index (χ3n) is 2.93. The highest BCUT2D eigenvalue weighted by Crippen LogP contribution is 2.12. The maximum atomic E-state index is 4.46. The molecule has 0 saturated heterocycles. The topological polar surface area (TPSA) is 24.9 Å². The Morgan fingerprint density at radius 3 is 2.94 bits per heavy atom. The molecular formula is C15H20N2. The number of para-hydroxylation sites is 1. The lowest BCUT2D eigenvalue weighted by molar-refractivity contribution is 0.616. The van der Waals surface area contributed by atoms with E-state index in [0.717, 1.165) is 18.6 Å². The number of nitrogens with zero attached hydrogens (tertiary/aromatic N) is 1. The molecule has 17 heavy (non-hydrogen) atoms. The summed E-state index contributed by atoms with van der Waals surface area (Å²) < 4.78 is 0. The minimum atomic E-state index is 0.918. The first-order valence-electron chi connectivity index (χ1n) is 6.44. The van der Waals surface area contributed by atoms with Gasteiger partial charge < -0.3 is 5.32 Å². The number of hydrogen-bond acceptors (Lipinski definition) is 2. The summed E-state index contributed by atoms with van der Waals surface area (Å²) in [6.45, 7) is 4.25. The van der Waals surface area contributed by atoms with Crippen LogP contribution in [-0.2, 0) is 6.54 Å². The number of aromatic nitrogens is 1. The van der Waals surface area contributed by atoms with Crippen LogP contribution in [0.3, 0.4) is 0 Å². The summed E-state index contributed by atoms with van der Waals surface area (Å²) in [6.07, 6.45) is 5.81. The van der Waals surface area contributed by atoms with Crippen LogP contribution in [0.1, 0.15) is 31.7 Å². The van der Waals surface area contributed by atoms with Gasteiger partial charge in [0.1, 0.15) is 0 Å². The molecule has 1 aromatic carbocycles. The smallest absolute Gasteiger partial charge is 0.0702 e. The number of hydrogen-bond donors (Lipinski definition) is 1. The fourth-order valence-corrected chi connectivity index (χ4v) is 1.95. The number of unbranched alkanes of at least 4 members (excludes halogenated alkanes) is 2. The van der Waals surface area contributed by atoms with E-state index in [2.05, 4.69) is 35.4 Å². The molecule has 0 radical (unpaired) electrons. The van der Waals surface area contributed by atoms with E-state index in [1.165, 1.54) is 30.2 Å². The summed E-state index contributed by atoms with van der Waals surface area (Å²) in [7, 11) is 0. The average Bonchev–Trinajstić information content (AvgIpc) is 2.38. The highest BCUT2D eigenvalue weighted by molar-refractivity contribution is 5.78. The summed E-state index contributed by atoms with van der Waals surface area (Å²) in [5.41, 5.74) is 2.34. The van der Waals surface area contributed by atoms with Crippen molar-refractivity contribution in [3.05, 3.63) is 42.1 Å². The molecule has 0 atom stereocenters. The highest BCUT2D eigenvalue weighted by atomic mass is 14.8. The minimum absolute atomic E-state index is 0.918. The molecule has 0 aliphatic heterocycles. The lowest BCUT2D eigenvalue weighted by atomic mass is 10.1. The molecule has 0 aliphatic carbocycles. The van der Waals surface area contributed by atoms with Gasteiger partial charge >= 0.3 is 0 Å². The van der Waals surface area contributed by atoms with E-state index in [9.17, 15) is 0 Å². The molecule has 2 nitrogen and oxygen atoms in total. The van der Waals surface area contributed by atoms with Gasteiger partial charge in [-0.15, -0.1) is 0 Å². The van der Waals surface area contributed by atoms with Crippen molar-refractivity contribution in [3.8, 4) is 0 Å². The number of nitrogens with one attached hydrogen (secondary N) is 1. The van der Waals surface area contributed by atoms with E-state index >= 15 is 0 Å². The van der Waals surface area contributed by atoms with Crippen molar-refractivity contribution < 1.29 is 0 Å². The second-order valence-corrected chi connectivity index (χ2v) is 4.42. The molecule has 0 spiro atoms. The summed E-state index contributed by atoms with van der Waals surface area (Å²) in [4.78, 5) is 4.46. The van der Waals surface area contributed by atoms with Gasteiger partial charge in [-0.3, -0.25) is 4.98 Å². The van der Waals surface area contributed by atoms with Gasteiger partial charge in [-0.05, 0) is 30.7 Å². The maximum absolute atomic E-state index is 4.46. The van der Waals surface area contributed by atoms with Crippen LogP contribution in [0.15, 0.2) is 36.5 Å². The fourth-order valence-electron chi connectivity index (χ4n) is 1.95. The number of pyridine rings is 1. The van der Waals surface area contributed by atoms with E-state index < -0.39 is 0 Å². The summed E-state index contributed by atoms with van der Waals surface area (Å²) in [5, 5.41) is 4.68. The second kappa shape index (κ2) is 6.36. The van der Waals surface area contributed by atoms with Gasteiger partial charge in [0.25, 0.3) is 0 Å². The molecule has 0 fully saturated rings. The molecule has 1 N–H and O–H groups in total. The molecule has 0 saturated carbocycles. The molecule has 0 bridgehead atoms. The van der Waals surface area contributed by atoms with Gasteiger partial charge in [-0.1, -0.05) is 38.0 Å². The predicted octanol–water partition coefficient (Wildman–Crippen LogP) is 3.51. The van der Waals surface area contributed by atoms with Crippen LogP contribution in [0.2, 0.25) is 0 Å². The normalized spacial score (nSPS) is 10.9. The maximum Gasteiger partial charge on any atom is 0.0702 e. The zero-order valence-electron chi connectivity index (χ0n) is 10.4. The van der Waals surface area contributed by atoms with Gasteiger partial charge in [-0.2, -0.15) is 0 Å². The van der Waals surface area contributed by atoms with Gasteiger partial charge in [0.15, 0.2) is 0 Å². The zero-order valence-corrected chi connectivity index (χ0v) is 10.4. The first kappa shape index (κ1) is 12.1. The van der Waals surface area contributed by atoms with E-state index in [4.69, 9.17) is 0 Å². The van der Waals surface area contributed by atoms with Gasteiger partial charge in [0.05, 0.1) is 5.52 Å². The Morgan fingerprint density at radius 1 is 1.18 bits per heavy atom. The lowest BCUT2D eigenvalue weighted by Crippen LogP contribution is -2.14. The van der Waals surface area contributed by atoms with Crippen LogP contribution in [-0.4, -0.2) is 11.5 Å². The van der Waals surface area contributed by atoms with Gasteiger partial charge in [0.2, 0.25) is 0 Å². The second-order valence-electron chi connectivity index (χ2n) is 4.42. The molecule has 2 rings (SSSR count). The summed E-state index contributed by atoms with van der Waals surface area (Å²) >= 11 is 0. The fraction of sp³-hybridized carbons (Fsp3) is 0.400. The minimum Gasteiger partial charge on any atom is -0.313 e. The molecule has 2 aromatic rings. The van der Waals surface area contributed by atoms with Gasteiger partial charge in [-0.25, -0.2) is 0 Å². The van der Waals surface area contributed by atoms with Crippen molar-refractivity contribution in [2.24, 2.45) is 0 Å². The molecule has 90 valence electrons. The first-order valence-corrected chi connectivity index (χ1v) is 6.44. The van der Waals surface area contributed by atoms with Crippen LogP contribution in [0.5, 0.6) is 0 Å². The van der Waals surface area contributed by atoms with Crippen molar-refractivity contribution in [1.29, 1.82) is 0 Å². The molecule has 0 aliphatic rings. The molecule has 0 amide bonds. The molecule has 2 heteroatoms. The van der Waals surface area contributed by atoms with Crippen molar-refractivity contribution >= 4 is 10.9 Å². The lowest BCUT2D eigenvalue weighted by Gasteiger charge is -2.05. The Hall–Kier alpha value is -1.41. The Morgan fingerprint density at radius 2 is 2.06 bits per heavy atom. The van der Waals surface area contributed by atoms with E-state index in [1.807, 2.05) is 18.3 Å². The van der Waals surface area contributed by atoms with Crippen molar-refractivity contribution in [1.82, 2.24) is 10.3 Å². The average molecular weight is 228 g/mol. The van der Waals surface area contributed by atoms with Crippen LogP contribution < -0.4 is 5.32 Å². The molecule has 1 aromatic heterocycles. The Balaban J connectivity index is 1.90. The molecule has 1 heterocycles. The number of benzene rings is 1. The number of rotatable bonds is 6. The first-order chi connectivity index (χ1) is 8.40. The quantitative estimate of drug-likeness (QED) is 0.765. The van der Waals surface area contributed by atoms with E-state index in [-0.39, 0.29) is 0 Å². The third-order valence-corrected chi connectivity index (χ3v) is 2.93. The van der Waals surface area contributed by atoms with Crippen molar-refractivity contribution in [2.75, 3.05) is 6.54 Å². The zero-order chi connectivity index (χ0) is 11.9. The summed E-state index contributed by atoms with van der Waals surface area (Å²) in [5.74, 6) is 0. The SMILES string of the molecule is CCCCCNCc1cnc2ccccc2c1. The van der Waals surface area contributed by atoms with E-state index in [0.29, 0.717) is 0 Å². The van der Waals surface area contributed by atoms with Crippen LogP contribution in [0.25, 0.3) is 10.9 Å². The van der Waals surface area contributed by atoms with Crippen LogP contribution >= 0.6 is 0 Å². The van der Waals surface area contributed by atoms with Crippen molar-refractivity contribution in [2.45, 2.75) is 32.7 Å². The van der Waals surface area contributed by atoms with Crippen LogP contribution in [0.4, 0.5) is 0 Å². The Bertz CT molecular complexity index is 465. The van der Waals surface area contributed by atoms with E-state index in [1.54, 1.807) is 0 Å². The highest BCUT2D eigenvalue weighted by Gasteiger charge is 1.96.